The average Bonchev–Trinajstić information content (AvgIpc) is 2.14. The van der Waals surface area contributed by atoms with Crippen molar-refractivity contribution in [2.75, 3.05) is 47.5 Å². The second kappa shape index (κ2) is 69.9. The lowest BCUT2D eigenvalue weighted by atomic mass is 10.0. The van der Waals surface area contributed by atoms with Gasteiger partial charge in [-0.25, -0.2) is 0 Å². The van der Waals surface area contributed by atoms with E-state index in [9.17, 15) is 19.0 Å². The normalized spacial score (nSPS) is 14.4. The zero-order valence-corrected chi connectivity index (χ0v) is 59.5. The summed E-state index contributed by atoms with van der Waals surface area (Å²) in [7, 11) is 1.12. The fraction of sp³-hybridized carbons (Fsp3) is 0.561. The van der Waals surface area contributed by atoms with Gasteiger partial charge in [0.15, 0.2) is 6.10 Å². The van der Waals surface area contributed by atoms with Gasteiger partial charge in [-0.3, -0.25) is 14.2 Å². The van der Waals surface area contributed by atoms with Crippen LogP contribution in [-0.2, 0) is 32.7 Å². The van der Waals surface area contributed by atoms with Crippen molar-refractivity contribution in [2.24, 2.45) is 0 Å². The van der Waals surface area contributed by atoms with Crippen LogP contribution in [0.5, 0.6) is 0 Å². The number of hydrogen-bond acceptors (Lipinski definition) is 8. The molecule has 0 aliphatic rings. The number of ether oxygens (including phenoxy) is 2. The maximum absolute atomic E-state index is 12.9. The highest BCUT2D eigenvalue weighted by molar-refractivity contribution is 7.45. The Kier molecular flexibility index (Phi) is 65.8. The molecule has 0 aromatic carbocycles. The van der Waals surface area contributed by atoms with Crippen molar-refractivity contribution in [3.8, 4) is 0 Å². The van der Waals surface area contributed by atoms with Crippen molar-refractivity contribution in [3.05, 3.63) is 207 Å². The maximum atomic E-state index is 12.9. The van der Waals surface area contributed by atoms with Gasteiger partial charge in [0.2, 0.25) is 0 Å². The monoisotopic (exact) mass is 1290 g/mol. The predicted molar refractivity (Wildman–Crippen MR) is 396 cm³/mol. The molecule has 0 rings (SSSR count). The van der Waals surface area contributed by atoms with Crippen LogP contribution in [0.15, 0.2) is 207 Å². The quantitative estimate of drug-likeness (QED) is 0.0195. The van der Waals surface area contributed by atoms with Crippen molar-refractivity contribution < 1.29 is 42.1 Å². The van der Waals surface area contributed by atoms with E-state index in [1.807, 2.05) is 21.1 Å². The molecule has 0 aliphatic heterocycles. The molecule has 0 saturated carbocycles. The van der Waals surface area contributed by atoms with Gasteiger partial charge in [-0.15, -0.1) is 0 Å². The lowest BCUT2D eigenvalue weighted by molar-refractivity contribution is -0.870. The largest absolute Gasteiger partial charge is 0.756 e. The van der Waals surface area contributed by atoms with E-state index in [-0.39, 0.29) is 26.1 Å². The minimum absolute atomic E-state index is 0.0472. The van der Waals surface area contributed by atoms with Gasteiger partial charge < -0.3 is 27.9 Å². The van der Waals surface area contributed by atoms with Crippen molar-refractivity contribution in [1.82, 2.24) is 0 Å². The fourth-order valence-electron chi connectivity index (χ4n) is 8.90. The molecule has 10 heteroatoms. The van der Waals surface area contributed by atoms with Gasteiger partial charge in [0, 0.05) is 12.8 Å². The Morgan fingerprint density at radius 2 is 0.587 bits per heavy atom. The molecule has 0 aromatic rings. The summed E-state index contributed by atoms with van der Waals surface area (Å²) in [5.74, 6) is -0.880. The molecule has 2 atom stereocenters. The van der Waals surface area contributed by atoms with Crippen LogP contribution in [0.1, 0.15) is 245 Å². The molecule has 0 amide bonds. The zero-order chi connectivity index (χ0) is 66.9. The van der Waals surface area contributed by atoms with Crippen molar-refractivity contribution in [2.45, 2.75) is 251 Å². The Morgan fingerprint density at radius 1 is 0.337 bits per heavy atom. The number of hydrogen-bond donors (Lipinski definition) is 0. The van der Waals surface area contributed by atoms with Crippen molar-refractivity contribution in [1.29, 1.82) is 0 Å². The Bertz CT molecular complexity index is 2310. The number of esters is 2. The number of unbranched alkanes of at least 4 members (excludes halogenated alkanes) is 15. The second-order valence-corrected chi connectivity index (χ2v) is 25.5. The number of rotatable bonds is 63. The van der Waals surface area contributed by atoms with Crippen molar-refractivity contribution >= 4 is 19.8 Å². The fourth-order valence-corrected chi connectivity index (χ4v) is 9.63. The molecule has 0 fully saturated rings. The second-order valence-electron chi connectivity index (χ2n) is 24.1. The van der Waals surface area contributed by atoms with Crippen LogP contribution in [0.2, 0.25) is 0 Å². The molecule has 0 aromatic heterocycles. The smallest absolute Gasteiger partial charge is 0.306 e. The maximum Gasteiger partial charge on any atom is 0.306 e. The summed E-state index contributed by atoms with van der Waals surface area (Å²) in [6, 6.07) is 0. The lowest BCUT2D eigenvalue weighted by Gasteiger charge is -2.28. The van der Waals surface area contributed by atoms with Crippen LogP contribution in [0, 0.1) is 0 Å². The Hall–Kier alpha value is -5.41. The van der Waals surface area contributed by atoms with Gasteiger partial charge >= 0.3 is 11.9 Å². The van der Waals surface area contributed by atoms with E-state index in [0.717, 1.165) is 161 Å². The summed E-state index contributed by atoms with van der Waals surface area (Å²) in [6.07, 6.45) is 110. The molecule has 0 bridgehead atoms. The standard InChI is InChI=1S/C82H130NO8P/c1-6-8-10-12-14-16-18-20-22-24-26-28-30-32-34-36-37-38-39-40-41-42-43-44-45-47-49-51-53-55-57-59-61-63-65-67-69-71-73-75-82(85)91-80(79-90-92(86,87)89-77-76-83(3,4)5)78-88-81(84)74-72-70-68-66-64-62-60-58-56-54-52-50-48-46-35-33-31-29-27-25-23-21-19-17-15-13-11-9-7-2/h8-11,14-17,20-23,26-29,32-35,37-38,40-41,43-44,47-50,54,56,60,62,80H,6-7,12-13,18-19,24-25,30-31,36,39,42,45-46,51-53,55,57-59,61,63-79H2,1-5H3/b10-8-,11-9-,16-14-,17-15-,22-20-,23-21-,28-26-,29-27-,34-32-,35-33-,38-37-,41-40-,44-43-,49-47-,50-48-,56-54-,62-60-. The summed E-state index contributed by atoms with van der Waals surface area (Å²) in [4.78, 5) is 38.1. The molecule has 2 unspecified atom stereocenters. The van der Waals surface area contributed by atoms with Crippen molar-refractivity contribution in [3.63, 3.8) is 0 Å². The first-order valence-electron chi connectivity index (χ1n) is 35.8. The topological polar surface area (TPSA) is 111 Å². The average molecular weight is 1290 g/mol. The predicted octanol–water partition coefficient (Wildman–Crippen LogP) is 23.2. The van der Waals surface area contributed by atoms with Crippen LogP contribution < -0.4 is 4.89 Å². The Balaban J connectivity index is 4.17. The molecule has 0 heterocycles. The van der Waals surface area contributed by atoms with Gasteiger partial charge in [-0.05, 0) is 148 Å². The van der Waals surface area contributed by atoms with E-state index in [1.54, 1.807) is 0 Å². The highest BCUT2D eigenvalue weighted by Gasteiger charge is 2.22. The van der Waals surface area contributed by atoms with E-state index < -0.39 is 32.5 Å². The summed E-state index contributed by atoms with van der Waals surface area (Å²) in [5, 5.41) is 0. The van der Waals surface area contributed by atoms with Crippen LogP contribution >= 0.6 is 7.82 Å². The first-order valence-corrected chi connectivity index (χ1v) is 37.3. The first-order chi connectivity index (χ1) is 45.0. The number of allylic oxidation sites excluding steroid dienone is 34. The van der Waals surface area contributed by atoms with E-state index in [1.165, 1.54) is 44.9 Å². The van der Waals surface area contributed by atoms with Gasteiger partial charge in [0.1, 0.15) is 19.8 Å². The molecule has 516 valence electrons. The number of quaternary nitrogens is 1. The first kappa shape index (κ1) is 86.6. The number of phosphoric acid groups is 1. The molecular weight excluding hydrogens is 1160 g/mol. The molecule has 0 spiro atoms. The van der Waals surface area contributed by atoms with Gasteiger partial charge in [0.05, 0.1) is 27.7 Å². The highest BCUT2D eigenvalue weighted by Crippen LogP contribution is 2.38. The van der Waals surface area contributed by atoms with E-state index >= 15 is 0 Å². The van der Waals surface area contributed by atoms with E-state index in [0.29, 0.717) is 23.9 Å². The number of phosphoric ester groups is 1. The number of carbonyl (C=O) groups excluding carboxylic acids is 2. The third kappa shape index (κ3) is 73.6. The van der Waals surface area contributed by atoms with Crippen LogP contribution in [-0.4, -0.2) is 70.0 Å². The van der Waals surface area contributed by atoms with E-state index in [2.05, 4.69) is 220 Å². The van der Waals surface area contributed by atoms with Crippen LogP contribution in [0.3, 0.4) is 0 Å². The Labute approximate surface area is 564 Å². The summed E-state index contributed by atoms with van der Waals surface area (Å²) >= 11 is 0. The van der Waals surface area contributed by atoms with Gasteiger partial charge in [-0.1, -0.05) is 291 Å². The summed E-state index contributed by atoms with van der Waals surface area (Å²) in [5.41, 5.74) is 0. The molecule has 0 aliphatic carbocycles. The number of carbonyl (C=O) groups is 2. The number of likely N-dealkylation sites (N-methyl/N-ethyl adjacent to an activating group) is 1. The zero-order valence-electron chi connectivity index (χ0n) is 58.7. The third-order valence-corrected chi connectivity index (χ3v) is 15.3. The van der Waals surface area contributed by atoms with Crippen LogP contribution in [0.4, 0.5) is 0 Å². The minimum Gasteiger partial charge on any atom is -0.756 e. The third-order valence-electron chi connectivity index (χ3n) is 14.3. The molecular formula is C82H130NO8P. The lowest BCUT2D eigenvalue weighted by Crippen LogP contribution is -2.37. The molecule has 9 nitrogen and oxygen atoms in total. The van der Waals surface area contributed by atoms with Gasteiger partial charge in [-0.2, -0.15) is 0 Å². The number of nitrogens with zero attached hydrogens (tertiary/aromatic N) is 1. The summed E-state index contributed by atoms with van der Waals surface area (Å²) in [6.45, 7) is 3.95. The SMILES string of the molecule is CC/C=C\C/C=C\C/C=C\C/C=C\C/C=C\C/C=C\C/C=C\C/C=C\C/C=C\CCCCCCCCCCCCCC(=O)OC(COC(=O)CCCCCC/C=C\C/C=C\C/C=C\C/C=C\C/C=C\C/C=C\C/C=C\C/C=C\CC)COP(=O)([O-])OCC[N+](C)(C)C. The molecule has 92 heavy (non-hydrogen) atoms. The van der Waals surface area contributed by atoms with Crippen LogP contribution in [0.25, 0.3) is 0 Å². The molecule has 0 N–H and O–H groups in total. The van der Waals surface area contributed by atoms with E-state index in [4.69, 9.17) is 18.5 Å². The molecule has 0 saturated heterocycles. The minimum atomic E-state index is -4.67. The Morgan fingerprint density at radius 3 is 0.870 bits per heavy atom. The highest BCUT2D eigenvalue weighted by atomic mass is 31.2. The molecule has 0 radical (unpaired) electrons. The summed E-state index contributed by atoms with van der Waals surface area (Å²) < 4.78 is 34.3. The van der Waals surface area contributed by atoms with Gasteiger partial charge in [0.25, 0.3) is 7.82 Å².